The van der Waals surface area contributed by atoms with Crippen molar-refractivity contribution in [3.63, 3.8) is 0 Å². The Hall–Kier alpha value is -3.00. The van der Waals surface area contributed by atoms with E-state index in [2.05, 4.69) is 10.0 Å². The Kier molecular flexibility index (Phi) is 7.13. The van der Waals surface area contributed by atoms with Gasteiger partial charge in [-0.1, -0.05) is 61.5 Å². The van der Waals surface area contributed by atoms with Crippen molar-refractivity contribution in [3.8, 4) is 11.1 Å². The molecule has 32 heavy (non-hydrogen) atoms. The number of rotatable bonds is 8. The predicted octanol–water partition coefficient (Wildman–Crippen LogP) is 4.20. The van der Waals surface area contributed by atoms with Crippen LogP contribution in [0.4, 0.5) is 5.69 Å². The quantitative estimate of drug-likeness (QED) is 0.477. The molecule has 3 N–H and O–H groups in total. The lowest BCUT2D eigenvalue weighted by molar-refractivity contribution is -0.115. The molecule has 3 aromatic rings. The number of carbonyl (C=O) groups is 1. The van der Waals surface area contributed by atoms with Gasteiger partial charge in [-0.2, -0.15) is 0 Å². The summed E-state index contributed by atoms with van der Waals surface area (Å²) in [7, 11) is -3.86. The lowest BCUT2D eigenvalue weighted by Crippen LogP contribution is -2.38. The Labute approximate surface area is 189 Å². The first-order valence-electron chi connectivity index (χ1n) is 10.4. The predicted molar refractivity (Wildman–Crippen MR) is 127 cm³/mol. The number of aryl methyl sites for hydroxylation is 1. The fourth-order valence-electron chi connectivity index (χ4n) is 3.35. The van der Waals surface area contributed by atoms with Gasteiger partial charge in [0.25, 0.3) is 0 Å². The number of hydrogen-bond donors (Lipinski definition) is 3. The fourth-order valence-corrected chi connectivity index (χ4v) is 4.70. The molecule has 1 amide bonds. The van der Waals surface area contributed by atoms with E-state index in [1.807, 2.05) is 42.5 Å². The van der Waals surface area contributed by atoms with Gasteiger partial charge >= 0.3 is 0 Å². The molecule has 0 radical (unpaired) electrons. The second kappa shape index (κ2) is 9.65. The maximum absolute atomic E-state index is 12.9. The van der Waals surface area contributed by atoms with Crippen LogP contribution in [0.15, 0.2) is 77.7 Å². The molecule has 0 aliphatic heterocycles. The molecule has 1 unspecified atom stereocenters. The molecule has 0 heterocycles. The van der Waals surface area contributed by atoms with Gasteiger partial charge in [0.05, 0.1) is 4.90 Å². The average molecular weight is 453 g/mol. The summed E-state index contributed by atoms with van der Waals surface area (Å²) in [5.41, 5.74) is 2.32. The van der Waals surface area contributed by atoms with E-state index >= 15 is 0 Å². The summed E-state index contributed by atoms with van der Waals surface area (Å²) in [6.07, 6.45) is 0.335. The molecule has 0 saturated heterocycles. The van der Waals surface area contributed by atoms with Gasteiger partial charge in [-0.25, -0.2) is 13.1 Å². The topological polar surface area (TPSA) is 95.5 Å². The Balaban J connectivity index is 1.72. The van der Waals surface area contributed by atoms with Gasteiger partial charge < -0.3 is 10.4 Å². The molecule has 0 saturated carbocycles. The third kappa shape index (κ3) is 5.62. The number of hydrogen-bond acceptors (Lipinski definition) is 4. The van der Waals surface area contributed by atoms with Gasteiger partial charge in [0.2, 0.25) is 15.9 Å². The molecule has 3 rings (SSSR count). The average Bonchev–Trinajstić information content (AvgIpc) is 2.78. The molecule has 1 atom stereocenters. The summed E-state index contributed by atoms with van der Waals surface area (Å²) in [6, 6.07) is 21.9. The lowest BCUT2D eigenvalue weighted by Gasteiger charge is -2.25. The van der Waals surface area contributed by atoms with Crippen molar-refractivity contribution in [1.29, 1.82) is 0 Å². The summed E-state index contributed by atoms with van der Waals surface area (Å²) in [5.74, 6) is -0.146. The molecule has 0 spiro atoms. The van der Waals surface area contributed by atoms with Crippen LogP contribution in [0.3, 0.4) is 0 Å². The van der Waals surface area contributed by atoms with Crippen LogP contribution < -0.4 is 10.0 Å². The van der Waals surface area contributed by atoms with Crippen molar-refractivity contribution in [2.24, 2.45) is 0 Å². The summed E-state index contributed by atoms with van der Waals surface area (Å²) < 4.78 is 28.2. The highest BCUT2D eigenvalue weighted by Crippen LogP contribution is 2.26. The molecule has 0 fully saturated rings. The first-order chi connectivity index (χ1) is 15.1. The van der Waals surface area contributed by atoms with E-state index in [9.17, 15) is 18.3 Å². The van der Waals surface area contributed by atoms with Crippen molar-refractivity contribution in [2.45, 2.75) is 37.7 Å². The van der Waals surface area contributed by atoms with Crippen LogP contribution in [0.25, 0.3) is 11.1 Å². The number of nitrogens with one attached hydrogen (secondary N) is 2. The highest BCUT2D eigenvalue weighted by atomic mass is 32.2. The van der Waals surface area contributed by atoms with Crippen LogP contribution >= 0.6 is 0 Å². The largest absolute Gasteiger partial charge is 0.384 e. The summed E-state index contributed by atoms with van der Waals surface area (Å²) >= 11 is 0. The lowest BCUT2D eigenvalue weighted by atomic mass is 9.94. The van der Waals surface area contributed by atoms with Crippen LogP contribution in [0, 0.1) is 6.92 Å². The summed E-state index contributed by atoms with van der Waals surface area (Å²) in [6.45, 7) is 4.79. The first-order valence-corrected chi connectivity index (χ1v) is 11.9. The Morgan fingerprint density at radius 1 is 0.969 bits per heavy atom. The zero-order chi connectivity index (χ0) is 23.4. The number of carbonyl (C=O) groups excluding carboxylic acids is 1. The van der Waals surface area contributed by atoms with E-state index < -0.39 is 15.6 Å². The molecular weight excluding hydrogens is 424 g/mol. The monoisotopic (exact) mass is 452 g/mol. The van der Waals surface area contributed by atoms with E-state index in [-0.39, 0.29) is 17.3 Å². The fraction of sp³-hybridized carbons (Fsp3) is 0.240. The van der Waals surface area contributed by atoms with Gasteiger partial charge in [-0.05, 0) is 54.3 Å². The third-order valence-electron chi connectivity index (χ3n) is 5.29. The Bertz CT molecular complexity index is 1190. The van der Waals surface area contributed by atoms with E-state index in [4.69, 9.17) is 0 Å². The van der Waals surface area contributed by atoms with Crippen LogP contribution in [0.2, 0.25) is 0 Å². The van der Waals surface area contributed by atoms with E-state index in [0.717, 1.165) is 11.1 Å². The second-order valence-corrected chi connectivity index (χ2v) is 9.66. The second-order valence-electron chi connectivity index (χ2n) is 7.92. The minimum atomic E-state index is -3.86. The maximum atomic E-state index is 12.9. The van der Waals surface area contributed by atoms with Crippen molar-refractivity contribution in [1.82, 2.24) is 4.72 Å². The summed E-state index contributed by atoms with van der Waals surface area (Å²) in [5, 5.41) is 13.6. The van der Waals surface area contributed by atoms with Gasteiger partial charge in [0.15, 0.2) is 0 Å². The molecule has 0 aliphatic rings. The van der Waals surface area contributed by atoms with Crippen LogP contribution in [-0.2, 0) is 20.4 Å². The molecule has 3 aromatic carbocycles. The zero-order valence-corrected chi connectivity index (χ0v) is 19.2. The number of sulfonamides is 1. The van der Waals surface area contributed by atoms with Crippen LogP contribution in [0.5, 0.6) is 0 Å². The minimum absolute atomic E-state index is 0.0993. The molecule has 6 nitrogen and oxygen atoms in total. The third-order valence-corrected chi connectivity index (χ3v) is 6.85. The standard InChI is InChI=1S/C25H28N2O4S/c1-4-24(28)27-22-14-15-23(18(2)16-22)32(30,31)26-17-25(3,29)21-12-10-20(11-13-21)19-8-6-5-7-9-19/h5-16,26,29H,4,17H2,1-3H3,(H,27,28). The van der Waals surface area contributed by atoms with Crippen LogP contribution in [-0.4, -0.2) is 26.0 Å². The van der Waals surface area contributed by atoms with Crippen LogP contribution in [0.1, 0.15) is 31.4 Å². The van der Waals surface area contributed by atoms with Gasteiger partial charge in [0.1, 0.15) is 5.60 Å². The molecule has 168 valence electrons. The van der Waals surface area contributed by atoms with Crippen molar-refractivity contribution < 1.29 is 18.3 Å². The highest BCUT2D eigenvalue weighted by molar-refractivity contribution is 7.89. The first kappa shape index (κ1) is 23.7. The number of aliphatic hydroxyl groups is 1. The van der Waals surface area contributed by atoms with E-state index in [1.54, 1.807) is 45.0 Å². The van der Waals surface area contributed by atoms with Crippen molar-refractivity contribution >= 4 is 21.6 Å². The number of anilines is 1. The van der Waals surface area contributed by atoms with Crippen molar-refractivity contribution in [3.05, 3.63) is 83.9 Å². The SMILES string of the molecule is CCC(=O)Nc1ccc(S(=O)(=O)NCC(C)(O)c2ccc(-c3ccccc3)cc2)c(C)c1. The maximum Gasteiger partial charge on any atom is 0.240 e. The van der Waals surface area contributed by atoms with Crippen molar-refractivity contribution in [2.75, 3.05) is 11.9 Å². The van der Waals surface area contributed by atoms with E-state index in [0.29, 0.717) is 23.2 Å². The van der Waals surface area contributed by atoms with Gasteiger partial charge in [-0.15, -0.1) is 0 Å². The normalized spacial score (nSPS) is 13.4. The number of benzene rings is 3. The molecular formula is C25H28N2O4S. The molecule has 7 heteroatoms. The minimum Gasteiger partial charge on any atom is -0.384 e. The molecule has 0 aromatic heterocycles. The summed E-state index contributed by atoms with van der Waals surface area (Å²) in [4.78, 5) is 11.7. The van der Waals surface area contributed by atoms with E-state index in [1.165, 1.54) is 6.07 Å². The molecule has 0 bridgehead atoms. The smallest absolute Gasteiger partial charge is 0.240 e. The Morgan fingerprint density at radius 2 is 1.59 bits per heavy atom. The number of amides is 1. The van der Waals surface area contributed by atoms with Gasteiger partial charge in [-0.3, -0.25) is 4.79 Å². The zero-order valence-electron chi connectivity index (χ0n) is 18.4. The highest BCUT2D eigenvalue weighted by Gasteiger charge is 2.27. The molecule has 0 aliphatic carbocycles. The Morgan fingerprint density at radius 3 is 2.19 bits per heavy atom. The van der Waals surface area contributed by atoms with Gasteiger partial charge in [0, 0.05) is 18.7 Å².